The SMILES string of the molecule is CCCCCc1cc(C)ccc1OC(CC)C(=O)Nc1cccc(C(=O)NC2=NN(c3c(Cl)cc(Cl)cc3Cl)C(=O)C2[n+]2ccc[nH]2)c1. The van der Waals surface area contributed by atoms with Gasteiger partial charge in [0.1, 0.15) is 11.4 Å². The van der Waals surface area contributed by atoms with Crippen molar-refractivity contribution in [2.75, 3.05) is 10.3 Å². The number of carbonyl (C=O) groups excluding carboxylic acids is 3. The Labute approximate surface area is 294 Å². The predicted octanol–water partition coefficient (Wildman–Crippen LogP) is 7.43. The second-order valence-electron chi connectivity index (χ2n) is 11.4. The minimum absolute atomic E-state index is 0.0289. The summed E-state index contributed by atoms with van der Waals surface area (Å²) in [6, 6.07) is 16.0. The van der Waals surface area contributed by atoms with Gasteiger partial charge in [-0.3, -0.25) is 14.4 Å². The number of amidine groups is 1. The molecule has 0 aliphatic carbocycles. The van der Waals surface area contributed by atoms with Crippen LogP contribution in [0.3, 0.4) is 0 Å². The maximum absolute atomic E-state index is 13.6. The number of benzene rings is 3. The molecule has 13 heteroatoms. The van der Waals surface area contributed by atoms with Gasteiger partial charge < -0.3 is 15.4 Å². The van der Waals surface area contributed by atoms with Gasteiger partial charge >= 0.3 is 11.9 Å². The van der Waals surface area contributed by atoms with E-state index in [-0.39, 0.29) is 33.0 Å². The number of aromatic amines is 1. The molecule has 4 aromatic rings. The first-order valence-electron chi connectivity index (χ1n) is 15.7. The Morgan fingerprint density at radius 1 is 1.02 bits per heavy atom. The number of ether oxygens (including phenoxy) is 1. The number of rotatable bonds is 12. The van der Waals surface area contributed by atoms with Crippen LogP contribution in [0.2, 0.25) is 15.1 Å². The Balaban J connectivity index is 1.33. The molecule has 1 aliphatic heterocycles. The molecular weight excluding hydrogens is 675 g/mol. The van der Waals surface area contributed by atoms with Crippen molar-refractivity contribution < 1.29 is 23.8 Å². The quantitative estimate of drug-likeness (QED) is 0.105. The van der Waals surface area contributed by atoms with Crippen LogP contribution in [0.15, 0.2) is 78.2 Å². The van der Waals surface area contributed by atoms with E-state index < -0.39 is 24.0 Å². The molecule has 3 N–H and O–H groups in total. The van der Waals surface area contributed by atoms with Crippen molar-refractivity contribution in [3.8, 4) is 5.75 Å². The zero-order valence-electron chi connectivity index (χ0n) is 26.7. The van der Waals surface area contributed by atoms with Crippen molar-refractivity contribution >= 4 is 69.7 Å². The van der Waals surface area contributed by atoms with Crippen LogP contribution < -0.4 is 25.1 Å². The van der Waals surface area contributed by atoms with Crippen molar-refractivity contribution in [1.29, 1.82) is 0 Å². The Hall–Kier alpha value is -4.38. The number of amides is 3. The van der Waals surface area contributed by atoms with Crippen LogP contribution in [0, 0.1) is 6.92 Å². The first-order chi connectivity index (χ1) is 23.1. The van der Waals surface area contributed by atoms with Gasteiger partial charge in [0.2, 0.25) is 5.84 Å². The molecule has 0 spiro atoms. The normalized spacial score (nSPS) is 14.9. The summed E-state index contributed by atoms with van der Waals surface area (Å²) >= 11 is 18.9. The summed E-state index contributed by atoms with van der Waals surface area (Å²) in [5.74, 6) is -0.677. The summed E-state index contributed by atoms with van der Waals surface area (Å²) in [4.78, 5) is 40.5. The molecule has 0 radical (unpaired) electrons. The topological polar surface area (TPSA) is 120 Å². The van der Waals surface area contributed by atoms with Gasteiger partial charge in [-0.2, -0.15) is 10.1 Å². The van der Waals surface area contributed by atoms with Gasteiger partial charge in [-0.1, -0.05) is 89.9 Å². The number of anilines is 2. The molecule has 0 saturated carbocycles. The van der Waals surface area contributed by atoms with Crippen molar-refractivity contribution in [1.82, 2.24) is 10.4 Å². The van der Waals surface area contributed by atoms with Crippen LogP contribution in [0.1, 0.15) is 67.1 Å². The van der Waals surface area contributed by atoms with Gasteiger partial charge in [-0.15, -0.1) is 5.10 Å². The number of unbranched alkanes of at least 4 members (excludes halogenated alkanes) is 2. The van der Waals surface area contributed by atoms with E-state index in [0.717, 1.165) is 41.8 Å². The van der Waals surface area contributed by atoms with E-state index >= 15 is 0 Å². The first kappa shape index (κ1) is 34.9. The highest BCUT2D eigenvalue weighted by Gasteiger charge is 2.47. The summed E-state index contributed by atoms with van der Waals surface area (Å²) in [6.45, 7) is 6.09. The molecule has 3 aromatic carbocycles. The first-order valence-corrected chi connectivity index (χ1v) is 16.8. The van der Waals surface area contributed by atoms with Crippen LogP contribution in [0.5, 0.6) is 5.75 Å². The minimum Gasteiger partial charge on any atom is -0.480 e. The highest BCUT2D eigenvalue weighted by atomic mass is 35.5. The van der Waals surface area contributed by atoms with Crippen LogP contribution in [-0.4, -0.2) is 34.8 Å². The lowest BCUT2D eigenvalue weighted by Gasteiger charge is -2.20. The molecule has 48 heavy (non-hydrogen) atoms. The zero-order chi connectivity index (χ0) is 34.4. The molecule has 5 rings (SSSR count). The molecule has 2 heterocycles. The minimum atomic E-state index is -1.05. The summed E-state index contributed by atoms with van der Waals surface area (Å²) < 4.78 is 7.72. The fraction of sp³-hybridized carbons (Fsp3) is 0.286. The molecule has 1 aromatic heterocycles. The van der Waals surface area contributed by atoms with Gasteiger partial charge in [-0.25, -0.2) is 0 Å². The fourth-order valence-corrected chi connectivity index (χ4v) is 6.34. The second-order valence-corrected chi connectivity index (χ2v) is 12.7. The summed E-state index contributed by atoms with van der Waals surface area (Å²) in [5.41, 5.74) is 2.98. The predicted molar refractivity (Wildman–Crippen MR) is 188 cm³/mol. The zero-order valence-corrected chi connectivity index (χ0v) is 29.0. The Bertz CT molecular complexity index is 1820. The van der Waals surface area contributed by atoms with Crippen LogP contribution >= 0.6 is 34.8 Å². The lowest BCUT2D eigenvalue weighted by Crippen LogP contribution is -2.53. The maximum Gasteiger partial charge on any atom is 0.327 e. The van der Waals surface area contributed by atoms with E-state index in [1.807, 2.05) is 26.0 Å². The third-order valence-electron chi connectivity index (χ3n) is 7.78. The maximum atomic E-state index is 13.6. The smallest absolute Gasteiger partial charge is 0.327 e. The lowest BCUT2D eigenvalue weighted by molar-refractivity contribution is -0.746. The number of nitrogens with one attached hydrogen (secondary N) is 3. The number of nitrogens with zero attached hydrogens (tertiary/aromatic N) is 3. The van der Waals surface area contributed by atoms with Gasteiger partial charge in [0.05, 0.1) is 16.2 Å². The van der Waals surface area contributed by atoms with Gasteiger partial charge in [-0.05, 0) is 68.1 Å². The van der Waals surface area contributed by atoms with Crippen LogP contribution in [0.25, 0.3) is 0 Å². The molecule has 2 atom stereocenters. The van der Waals surface area contributed by atoms with E-state index in [1.165, 1.54) is 16.8 Å². The molecule has 10 nitrogen and oxygen atoms in total. The number of H-pyrrole nitrogens is 1. The number of carbonyl (C=O) groups is 3. The third kappa shape index (κ3) is 8.01. The van der Waals surface area contributed by atoms with Crippen LogP contribution in [-0.2, 0) is 16.0 Å². The molecule has 0 fully saturated rings. The number of aromatic nitrogens is 2. The van der Waals surface area contributed by atoms with Crippen molar-refractivity contribution in [3.05, 3.63) is 105 Å². The Morgan fingerprint density at radius 2 is 1.79 bits per heavy atom. The number of hydrogen-bond acceptors (Lipinski definition) is 5. The fourth-order valence-electron chi connectivity index (χ4n) is 5.36. The lowest BCUT2D eigenvalue weighted by atomic mass is 10.0. The number of hydrazone groups is 1. The molecule has 2 unspecified atom stereocenters. The van der Waals surface area contributed by atoms with Crippen LogP contribution in [0.4, 0.5) is 11.4 Å². The number of hydrogen-bond donors (Lipinski definition) is 3. The monoisotopic (exact) mass is 709 g/mol. The van der Waals surface area contributed by atoms with Crippen molar-refractivity contribution in [2.24, 2.45) is 5.10 Å². The standard InChI is InChI=1S/C35H35Cl3N6O4/c1-4-6-7-10-22-17-21(3)13-14-29(22)48-28(5-2)34(46)40-25-12-8-11-23(18-25)33(45)41-32-31(43-16-9-15-39-43)35(47)44(42-32)30-26(37)19-24(36)20-27(30)38/h8-9,11-20,28,31H,4-7,10H2,1-3H3,(H2,40,41,42,45,46)/p+1. The third-order valence-corrected chi connectivity index (χ3v) is 8.57. The van der Waals surface area contributed by atoms with Gasteiger partial charge in [0.25, 0.3) is 11.8 Å². The second kappa shape index (κ2) is 15.7. The number of aryl methyl sites for hydroxylation is 2. The van der Waals surface area contributed by atoms with E-state index in [1.54, 1.807) is 42.7 Å². The van der Waals surface area contributed by atoms with Gasteiger partial charge in [0, 0.05) is 22.3 Å². The highest BCUT2D eigenvalue weighted by molar-refractivity contribution is 6.42. The number of halogens is 3. The Morgan fingerprint density at radius 3 is 2.48 bits per heavy atom. The average molecular weight is 711 g/mol. The summed E-state index contributed by atoms with van der Waals surface area (Å²) in [6.07, 6.45) is 7.10. The summed E-state index contributed by atoms with van der Waals surface area (Å²) in [5, 5.41) is 14.5. The molecular formula is C35H36Cl3N6O4+. The Kier molecular flexibility index (Phi) is 11.4. The van der Waals surface area contributed by atoms with Gasteiger partial charge in [0.15, 0.2) is 12.3 Å². The largest absolute Gasteiger partial charge is 0.480 e. The summed E-state index contributed by atoms with van der Waals surface area (Å²) in [7, 11) is 0. The van der Waals surface area contributed by atoms with Crippen molar-refractivity contribution in [3.63, 3.8) is 0 Å². The van der Waals surface area contributed by atoms with E-state index in [0.29, 0.717) is 22.9 Å². The highest BCUT2D eigenvalue weighted by Crippen LogP contribution is 2.39. The molecule has 1 aliphatic rings. The van der Waals surface area contributed by atoms with E-state index in [2.05, 4.69) is 33.8 Å². The molecule has 250 valence electrons. The van der Waals surface area contributed by atoms with E-state index in [9.17, 15) is 14.4 Å². The average Bonchev–Trinajstić information content (AvgIpc) is 3.68. The molecule has 0 saturated heterocycles. The molecule has 3 amide bonds. The van der Waals surface area contributed by atoms with E-state index in [4.69, 9.17) is 39.5 Å². The molecule has 0 bridgehead atoms. The van der Waals surface area contributed by atoms with Crippen molar-refractivity contribution in [2.45, 2.75) is 65.0 Å².